The van der Waals surface area contributed by atoms with Crippen LogP contribution in [0.3, 0.4) is 0 Å². The molecular formula is C15H30N2O3. The van der Waals surface area contributed by atoms with Crippen LogP contribution in [0.15, 0.2) is 0 Å². The van der Waals surface area contributed by atoms with E-state index in [1.54, 1.807) is 0 Å². The molecule has 3 N–H and O–H groups in total. The third kappa shape index (κ3) is 8.51. The number of unbranched alkanes of at least 4 members (excludes halogenated alkanes) is 5. The summed E-state index contributed by atoms with van der Waals surface area (Å²) in [5, 5.41) is 15.7. The summed E-state index contributed by atoms with van der Waals surface area (Å²) in [6.07, 6.45) is 7.49. The smallest absolute Gasteiger partial charge is 0.221 e. The van der Waals surface area contributed by atoms with Gasteiger partial charge in [0, 0.05) is 32.2 Å². The molecule has 20 heavy (non-hydrogen) atoms. The molecule has 0 radical (unpaired) electrons. The molecule has 1 rings (SSSR count). The molecule has 1 saturated heterocycles. The summed E-state index contributed by atoms with van der Waals surface area (Å²) in [4.78, 5) is 11.0. The van der Waals surface area contributed by atoms with Gasteiger partial charge in [0.05, 0.1) is 12.7 Å². The van der Waals surface area contributed by atoms with Crippen LogP contribution in [0.25, 0.3) is 0 Å². The molecule has 1 aliphatic rings. The van der Waals surface area contributed by atoms with Crippen LogP contribution in [0.2, 0.25) is 0 Å². The van der Waals surface area contributed by atoms with Crippen molar-refractivity contribution < 1.29 is 14.6 Å². The minimum absolute atomic E-state index is 0.0799. The van der Waals surface area contributed by atoms with Crippen molar-refractivity contribution >= 4 is 5.91 Å². The second kappa shape index (κ2) is 11.1. The molecule has 0 saturated carbocycles. The van der Waals surface area contributed by atoms with Crippen molar-refractivity contribution in [3.8, 4) is 0 Å². The van der Waals surface area contributed by atoms with E-state index in [2.05, 4.69) is 17.6 Å². The van der Waals surface area contributed by atoms with E-state index in [9.17, 15) is 9.90 Å². The first-order valence-corrected chi connectivity index (χ1v) is 7.98. The maximum atomic E-state index is 11.0. The molecule has 5 heteroatoms. The zero-order valence-electron chi connectivity index (χ0n) is 12.7. The lowest BCUT2D eigenvalue weighted by atomic mass is 10.1. The van der Waals surface area contributed by atoms with Gasteiger partial charge in [-0.05, 0) is 6.42 Å². The van der Waals surface area contributed by atoms with Crippen LogP contribution in [-0.2, 0) is 9.53 Å². The number of ether oxygens (including phenoxy) is 1. The Hall–Kier alpha value is -0.650. The first-order chi connectivity index (χ1) is 9.72. The Labute approximate surface area is 122 Å². The first kappa shape index (κ1) is 17.4. The van der Waals surface area contributed by atoms with Gasteiger partial charge in [0.15, 0.2) is 0 Å². The maximum absolute atomic E-state index is 11.0. The van der Waals surface area contributed by atoms with Crippen LogP contribution in [0, 0.1) is 0 Å². The molecule has 1 aliphatic heterocycles. The molecule has 0 aromatic rings. The van der Waals surface area contributed by atoms with Gasteiger partial charge in [0.1, 0.15) is 0 Å². The van der Waals surface area contributed by atoms with Crippen molar-refractivity contribution in [3.05, 3.63) is 0 Å². The van der Waals surface area contributed by atoms with Gasteiger partial charge in [-0.3, -0.25) is 4.79 Å². The number of aliphatic hydroxyl groups excluding tert-OH is 1. The largest absolute Gasteiger partial charge is 0.389 e. The van der Waals surface area contributed by atoms with E-state index < -0.39 is 6.10 Å². The molecule has 5 nitrogen and oxygen atoms in total. The van der Waals surface area contributed by atoms with Crippen LogP contribution in [0.5, 0.6) is 0 Å². The molecular weight excluding hydrogens is 256 g/mol. The molecule has 2 atom stereocenters. The first-order valence-electron chi connectivity index (χ1n) is 7.98. The van der Waals surface area contributed by atoms with E-state index >= 15 is 0 Å². The average Bonchev–Trinajstić information content (AvgIpc) is 2.85. The number of carbonyl (C=O) groups excluding carboxylic acids is 1. The summed E-state index contributed by atoms with van der Waals surface area (Å²) >= 11 is 0. The fourth-order valence-corrected chi connectivity index (χ4v) is 2.31. The molecule has 0 aromatic heterocycles. The Morgan fingerprint density at radius 2 is 2.10 bits per heavy atom. The van der Waals surface area contributed by atoms with Crippen molar-refractivity contribution in [1.29, 1.82) is 0 Å². The van der Waals surface area contributed by atoms with E-state index in [0.717, 1.165) is 13.0 Å². The Morgan fingerprint density at radius 3 is 2.80 bits per heavy atom. The van der Waals surface area contributed by atoms with Crippen molar-refractivity contribution in [3.63, 3.8) is 0 Å². The number of rotatable bonds is 12. The average molecular weight is 286 g/mol. The predicted octanol–water partition coefficient (Wildman–Crippen LogP) is 1.20. The van der Waals surface area contributed by atoms with Gasteiger partial charge in [0.25, 0.3) is 0 Å². The number of hydrogen-bond acceptors (Lipinski definition) is 4. The Bertz CT molecular complexity index is 262. The Kier molecular flexibility index (Phi) is 9.62. The van der Waals surface area contributed by atoms with Crippen LogP contribution in [0.4, 0.5) is 0 Å². The molecule has 0 aliphatic carbocycles. The van der Waals surface area contributed by atoms with E-state index in [4.69, 9.17) is 4.74 Å². The van der Waals surface area contributed by atoms with Crippen molar-refractivity contribution in [1.82, 2.24) is 10.6 Å². The minimum Gasteiger partial charge on any atom is -0.389 e. The minimum atomic E-state index is -0.495. The van der Waals surface area contributed by atoms with Gasteiger partial charge < -0.3 is 20.5 Å². The molecule has 2 unspecified atom stereocenters. The molecule has 1 amide bonds. The van der Waals surface area contributed by atoms with Gasteiger partial charge in [-0.1, -0.05) is 39.0 Å². The third-order valence-electron chi connectivity index (χ3n) is 3.57. The fourth-order valence-electron chi connectivity index (χ4n) is 2.31. The number of carbonyl (C=O) groups is 1. The van der Waals surface area contributed by atoms with Gasteiger partial charge in [-0.2, -0.15) is 0 Å². The zero-order chi connectivity index (χ0) is 14.6. The number of hydrogen-bond donors (Lipinski definition) is 3. The van der Waals surface area contributed by atoms with Crippen molar-refractivity contribution in [2.45, 2.75) is 64.0 Å². The van der Waals surface area contributed by atoms with Crippen LogP contribution in [-0.4, -0.2) is 49.5 Å². The van der Waals surface area contributed by atoms with Crippen molar-refractivity contribution in [2.24, 2.45) is 0 Å². The lowest BCUT2D eigenvalue weighted by molar-refractivity contribution is -0.119. The summed E-state index contributed by atoms with van der Waals surface area (Å²) in [6, 6.07) is 0.149. The molecule has 1 fully saturated rings. The summed E-state index contributed by atoms with van der Waals surface area (Å²) in [7, 11) is 0. The molecule has 0 spiro atoms. The monoisotopic (exact) mass is 286 g/mol. The highest BCUT2D eigenvalue weighted by molar-refractivity contribution is 5.78. The highest BCUT2D eigenvalue weighted by Crippen LogP contribution is 2.05. The zero-order valence-corrected chi connectivity index (χ0v) is 12.7. The van der Waals surface area contributed by atoms with Gasteiger partial charge in [0.2, 0.25) is 5.91 Å². The van der Waals surface area contributed by atoms with Gasteiger partial charge >= 0.3 is 0 Å². The highest BCUT2D eigenvalue weighted by atomic mass is 16.5. The SMILES string of the molecule is CCCCCCCCOCC(O)CNC1CNC(=O)C1. The normalized spacial score (nSPS) is 20.1. The number of aliphatic hydroxyl groups is 1. The van der Waals surface area contributed by atoms with Crippen LogP contribution in [0.1, 0.15) is 51.9 Å². The number of amides is 1. The van der Waals surface area contributed by atoms with Gasteiger partial charge in [-0.25, -0.2) is 0 Å². The maximum Gasteiger partial charge on any atom is 0.221 e. The standard InChI is InChI=1S/C15H30N2O3/c1-2-3-4-5-6-7-8-20-12-14(18)11-16-13-9-15(19)17-10-13/h13-14,16,18H,2-12H2,1H3,(H,17,19). The lowest BCUT2D eigenvalue weighted by Gasteiger charge is -2.15. The Balaban J connectivity index is 1.85. The summed E-state index contributed by atoms with van der Waals surface area (Å²) in [5.74, 6) is 0.0799. The predicted molar refractivity (Wildman–Crippen MR) is 79.6 cm³/mol. The highest BCUT2D eigenvalue weighted by Gasteiger charge is 2.21. The van der Waals surface area contributed by atoms with Crippen LogP contribution < -0.4 is 10.6 Å². The van der Waals surface area contributed by atoms with Gasteiger partial charge in [-0.15, -0.1) is 0 Å². The number of nitrogens with one attached hydrogen (secondary N) is 2. The lowest BCUT2D eigenvalue weighted by Crippen LogP contribution is -2.38. The topological polar surface area (TPSA) is 70.6 Å². The fraction of sp³-hybridized carbons (Fsp3) is 0.933. The molecule has 0 bridgehead atoms. The van der Waals surface area contributed by atoms with E-state index in [0.29, 0.717) is 26.1 Å². The molecule has 118 valence electrons. The van der Waals surface area contributed by atoms with E-state index in [-0.39, 0.29) is 11.9 Å². The molecule has 0 aromatic carbocycles. The van der Waals surface area contributed by atoms with E-state index in [1.807, 2.05) is 0 Å². The summed E-state index contributed by atoms with van der Waals surface area (Å²) < 4.78 is 5.47. The third-order valence-corrected chi connectivity index (χ3v) is 3.57. The van der Waals surface area contributed by atoms with E-state index in [1.165, 1.54) is 32.1 Å². The Morgan fingerprint density at radius 1 is 1.35 bits per heavy atom. The summed E-state index contributed by atoms with van der Waals surface area (Å²) in [5.41, 5.74) is 0. The second-order valence-electron chi connectivity index (χ2n) is 5.61. The van der Waals surface area contributed by atoms with Crippen LogP contribution >= 0.6 is 0 Å². The summed E-state index contributed by atoms with van der Waals surface area (Å²) in [6.45, 7) is 4.46. The quantitative estimate of drug-likeness (QED) is 0.472. The van der Waals surface area contributed by atoms with Crippen molar-refractivity contribution in [2.75, 3.05) is 26.3 Å². The second-order valence-corrected chi connectivity index (χ2v) is 5.61. The molecule has 1 heterocycles.